The average molecular weight is 407 g/mol. The fraction of sp³-hybridized carbons (Fsp3) is 0.261. The lowest BCUT2D eigenvalue weighted by Crippen LogP contribution is -2.24. The minimum Gasteiger partial charge on any atom is -0.484 e. The van der Waals surface area contributed by atoms with Gasteiger partial charge in [0.25, 0.3) is 5.91 Å². The van der Waals surface area contributed by atoms with Gasteiger partial charge in [-0.3, -0.25) is 4.79 Å². The Labute approximate surface area is 175 Å². The molecule has 0 saturated heterocycles. The molecule has 30 heavy (non-hydrogen) atoms. The predicted octanol–water partition coefficient (Wildman–Crippen LogP) is 3.68. The largest absolute Gasteiger partial charge is 0.484 e. The minimum atomic E-state index is -0.379. The van der Waals surface area contributed by atoms with Gasteiger partial charge >= 0.3 is 5.97 Å². The third-order valence-corrected chi connectivity index (χ3v) is 4.66. The van der Waals surface area contributed by atoms with Gasteiger partial charge in [0.15, 0.2) is 6.61 Å². The Morgan fingerprint density at radius 3 is 2.60 bits per heavy atom. The zero-order valence-electron chi connectivity index (χ0n) is 17.3. The smallest absolute Gasteiger partial charge is 0.340 e. The summed E-state index contributed by atoms with van der Waals surface area (Å²) in [7, 11) is 0. The van der Waals surface area contributed by atoms with Crippen LogP contribution in [0.4, 0.5) is 0 Å². The fourth-order valence-electron chi connectivity index (χ4n) is 3.32. The monoisotopic (exact) mass is 407 g/mol. The number of rotatable bonds is 8. The number of aryl methyl sites for hydroxylation is 1. The Morgan fingerprint density at radius 2 is 1.90 bits per heavy atom. The highest BCUT2D eigenvalue weighted by Crippen LogP contribution is 2.30. The Morgan fingerprint density at radius 1 is 1.13 bits per heavy atom. The summed E-state index contributed by atoms with van der Waals surface area (Å²) in [6.45, 7) is 6.53. The number of nitrogens with one attached hydrogen (secondary N) is 1. The highest BCUT2D eigenvalue weighted by Gasteiger charge is 2.21. The van der Waals surface area contributed by atoms with Crippen molar-refractivity contribution in [3.8, 4) is 5.75 Å². The zero-order chi connectivity index (χ0) is 21.5. The molecule has 3 rings (SSSR count). The molecule has 0 aliphatic carbocycles. The first kappa shape index (κ1) is 21.1. The number of benzene rings is 2. The van der Waals surface area contributed by atoms with Crippen molar-refractivity contribution in [1.29, 1.82) is 0 Å². The van der Waals surface area contributed by atoms with E-state index in [1.54, 1.807) is 25.3 Å². The van der Waals surface area contributed by atoms with Gasteiger partial charge in [-0.05, 0) is 44.5 Å². The van der Waals surface area contributed by atoms with Crippen molar-refractivity contribution in [3.05, 3.63) is 65.4 Å². The van der Waals surface area contributed by atoms with Gasteiger partial charge in [-0.25, -0.2) is 10.2 Å². The molecule has 156 valence electrons. The van der Waals surface area contributed by atoms with Crippen molar-refractivity contribution in [2.24, 2.45) is 5.10 Å². The van der Waals surface area contributed by atoms with Gasteiger partial charge in [0.1, 0.15) is 5.75 Å². The number of esters is 1. The topological polar surface area (TPSA) is 81.9 Å². The standard InChI is InChI=1S/C23H25N3O4/c1-4-26-16(3)22(23(28)29-5-2)19-13-18(11-12-20(19)26)30-15-21(27)25-24-14-17-9-7-6-8-10-17/h6-14H,4-5,15H2,1-3H3,(H,25,27)/b24-14+. The Hall–Kier alpha value is -3.61. The molecule has 7 heteroatoms. The molecule has 0 aliphatic rings. The van der Waals surface area contributed by atoms with Gasteiger partial charge in [0.05, 0.1) is 18.4 Å². The van der Waals surface area contributed by atoms with Crippen LogP contribution in [-0.2, 0) is 16.1 Å². The SMILES string of the molecule is CCOC(=O)c1c(C)n(CC)c2ccc(OCC(=O)N/N=C/c3ccccc3)cc12. The van der Waals surface area contributed by atoms with E-state index in [2.05, 4.69) is 15.1 Å². The third kappa shape index (κ3) is 4.68. The van der Waals surface area contributed by atoms with Gasteiger partial charge in [-0.2, -0.15) is 5.10 Å². The maximum absolute atomic E-state index is 12.5. The highest BCUT2D eigenvalue weighted by atomic mass is 16.5. The molecule has 0 spiro atoms. The van der Waals surface area contributed by atoms with Crippen LogP contribution in [-0.4, -0.2) is 35.9 Å². The molecule has 0 unspecified atom stereocenters. The fourth-order valence-corrected chi connectivity index (χ4v) is 3.32. The van der Waals surface area contributed by atoms with E-state index in [0.29, 0.717) is 17.9 Å². The van der Waals surface area contributed by atoms with E-state index in [9.17, 15) is 9.59 Å². The number of hydrogen-bond acceptors (Lipinski definition) is 5. The van der Waals surface area contributed by atoms with Gasteiger partial charge in [-0.15, -0.1) is 0 Å². The summed E-state index contributed by atoms with van der Waals surface area (Å²) in [5.74, 6) is -0.254. The van der Waals surface area contributed by atoms with Gasteiger partial charge in [0.2, 0.25) is 0 Å². The van der Waals surface area contributed by atoms with Crippen LogP contribution in [0.15, 0.2) is 53.6 Å². The Bertz CT molecular complexity index is 1070. The summed E-state index contributed by atoms with van der Waals surface area (Å²) in [6.07, 6.45) is 1.56. The van der Waals surface area contributed by atoms with Crippen LogP contribution in [0.25, 0.3) is 10.9 Å². The van der Waals surface area contributed by atoms with Crippen molar-refractivity contribution < 1.29 is 19.1 Å². The summed E-state index contributed by atoms with van der Waals surface area (Å²) in [4.78, 5) is 24.5. The molecule has 0 atom stereocenters. The second-order valence-corrected chi connectivity index (χ2v) is 6.60. The van der Waals surface area contributed by atoms with Crippen molar-refractivity contribution in [3.63, 3.8) is 0 Å². The van der Waals surface area contributed by atoms with Gasteiger partial charge in [-0.1, -0.05) is 30.3 Å². The number of carbonyl (C=O) groups is 2. The number of nitrogens with zero attached hydrogens (tertiary/aromatic N) is 2. The molecule has 7 nitrogen and oxygen atoms in total. The molecular formula is C23H25N3O4. The molecular weight excluding hydrogens is 382 g/mol. The lowest BCUT2D eigenvalue weighted by Gasteiger charge is -2.07. The molecule has 1 N–H and O–H groups in total. The summed E-state index contributed by atoms with van der Waals surface area (Å²) in [5, 5.41) is 4.66. The number of aromatic nitrogens is 1. The Balaban J connectivity index is 1.72. The quantitative estimate of drug-likeness (QED) is 0.351. The first-order chi connectivity index (χ1) is 14.5. The minimum absolute atomic E-state index is 0.195. The number of amides is 1. The molecule has 1 amide bonds. The third-order valence-electron chi connectivity index (χ3n) is 4.66. The van der Waals surface area contributed by atoms with Crippen molar-refractivity contribution in [2.75, 3.05) is 13.2 Å². The zero-order valence-corrected chi connectivity index (χ0v) is 17.3. The van der Waals surface area contributed by atoms with E-state index in [1.165, 1.54) is 0 Å². The van der Waals surface area contributed by atoms with Crippen LogP contribution in [0.1, 0.15) is 35.5 Å². The van der Waals surface area contributed by atoms with E-state index < -0.39 is 0 Å². The molecule has 1 heterocycles. The predicted molar refractivity (Wildman–Crippen MR) is 116 cm³/mol. The van der Waals surface area contributed by atoms with Crippen LogP contribution >= 0.6 is 0 Å². The van der Waals surface area contributed by atoms with Crippen molar-refractivity contribution in [2.45, 2.75) is 27.3 Å². The van der Waals surface area contributed by atoms with E-state index in [4.69, 9.17) is 9.47 Å². The molecule has 0 radical (unpaired) electrons. The van der Waals surface area contributed by atoms with Crippen LogP contribution in [0, 0.1) is 6.92 Å². The Kier molecular flexibility index (Phi) is 6.85. The second kappa shape index (κ2) is 9.73. The van der Waals surface area contributed by atoms with Crippen LogP contribution in [0.3, 0.4) is 0 Å². The first-order valence-corrected chi connectivity index (χ1v) is 9.84. The van der Waals surface area contributed by atoms with Crippen molar-refractivity contribution >= 4 is 29.0 Å². The molecule has 3 aromatic rings. The number of hydrazone groups is 1. The maximum atomic E-state index is 12.5. The lowest BCUT2D eigenvalue weighted by atomic mass is 10.1. The van der Waals surface area contributed by atoms with E-state index in [0.717, 1.165) is 28.7 Å². The number of carbonyl (C=O) groups excluding carboxylic acids is 2. The lowest BCUT2D eigenvalue weighted by molar-refractivity contribution is -0.123. The molecule has 0 bridgehead atoms. The average Bonchev–Trinajstić information content (AvgIpc) is 3.03. The number of hydrogen-bond donors (Lipinski definition) is 1. The van der Waals surface area contributed by atoms with E-state index >= 15 is 0 Å². The molecule has 2 aromatic carbocycles. The van der Waals surface area contributed by atoms with Crippen LogP contribution in [0.5, 0.6) is 5.75 Å². The normalized spacial score (nSPS) is 11.0. The highest BCUT2D eigenvalue weighted by molar-refractivity contribution is 6.06. The van der Waals surface area contributed by atoms with E-state index in [-0.39, 0.29) is 18.5 Å². The number of ether oxygens (including phenoxy) is 2. The summed E-state index contributed by atoms with van der Waals surface area (Å²) in [5.41, 5.74) is 5.60. The van der Waals surface area contributed by atoms with Crippen molar-refractivity contribution in [1.82, 2.24) is 9.99 Å². The molecule has 0 saturated carbocycles. The van der Waals surface area contributed by atoms with Crippen LogP contribution in [0.2, 0.25) is 0 Å². The summed E-state index contributed by atoms with van der Waals surface area (Å²) in [6, 6.07) is 14.9. The van der Waals surface area contributed by atoms with E-state index in [1.807, 2.05) is 50.2 Å². The molecule has 1 aromatic heterocycles. The molecule has 0 aliphatic heterocycles. The van der Waals surface area contributed by atoms with Gasteiger partial charge < -0.3 is 14.0 Å². The molecule has 0 fully saturated rings. The second-order valence-electron chi connectivity index (χ2n) is 6.60. The number of fused-ring (bicyclic) bond motifs is 1. The van der Waals surface area contributed by atoms with Crippen LogP contribution < -0.4 is 10.2 Å². The summed E-state index contributed by atoms with van der Waals surface area (Å²) >= 11 is 0. The van der Waals surface area contributed by atoms with Gasteiger partial charge in [0, 0.05) is 23.1 Å². The maximum Gasteiger partial charge on any atom is 0.340 e. The summed E-state index contributed by atoms with van der Waals surface area (Å²) < 4.78 is 12.9. The first-order valence-electron chi connectivity index (χ1n) is 9.84.